The fourth-order valence-corrected chi connectivity index (χ4v) is 4.35. The molecule has 168 valence electrons. The van der Waals surface area contributed by atoms with E-state index in [1.807, 2.05) is 53.5 Å². The van der Waals surface area contributed by atoms with Crippen LogP contribution in [0.15, 0.2) is 71.8 Å². The number of para-hydroxylation sites is 1. The van der Waals surface area contributed by atoms with Gasteiger partial charge in [0.1, 0.15) is 5.75 Å². The van der Waals surface area contributed by atoms with Crippen LogP contribution in [0.3, 0.4) is 0 Å². The van der Waals surface area contributed by atoms with Gasteiger partial charge in [-0.2, -0.15) is 5.10 Å². The van der Waals surface area contributed by atoms with Crippen molar-refractivity contribution in [1.29, 1.82) is 0 Å². The Morgan fingerprint density at radius 2 is 1.73 bits per heavy atom. The van der Waals surface area contributed by atoms with Gasteiger partial charge in [0.2, 0.25) is 6.23 Å². The number of hydrogen-bond acceptors (Lipinski definition) is 7. The smallest absolute Gasteiger partial charge is 0.337 e. The van der Waals surface area contributed by atoms with E-state index in [1.165, 1.54) is 7.11 Å². The van der Waals surface area contributed by atoms with Gasteiger partial charge in [-0.05, 0) is 36.4 Å². The van der Waals surface area contributed by atoms with Crippen molar-refractivity contribution < 1.29 is 23.7 Å². The predicted octanol–water partition coefficient (Wildman–Crippen LogP) is 4.73. The zero-order chi connectivity index (χ0) is 22.9. The molecule has 2 aliphatic rings. The molecule has 0 saturated carbocycles. The lowest BCUT2D eigenvalue weighted by Crippen LogP contribution is -2.33. The summed E-state index contributed by atoms with van der Waals surface area (Å²) in [7, 11) is 4.62. The summed E-state index contributed by atoms with van der Waals surface area (Å²) >= 11 is 0. The molecule has 0 unspecified atom stereocenters. The molecule has 7 heteroatoms. The summed E-state index contributed by atoms with van der Waals surface area (Å²) in [5.41, 5.74) is 4.40. The van der Waals surface area contributed by atoms with Crippen molar-refractivity contribution in [3.8, 4) is 17.2 Å². The molecule has 0 spiro atoms. The normalized spacial score (nSPS) is 18.5. The number of hydrazone groups is 1. The lowest BCUT2D eigenvalue weighted by molar-refractivity contribution is -0.0190. The standard InChI is InChI=1S/C26H24N2O5/c1-30-23-13-12-18(14-24(23)31-2)20-15-21-19-6-4-5-7-22(19)33-25(28(21)27-20)16-8-10-17(11-9-16)26(29)32-3/h4-14,21,25H,15H2,1-3H3/t21-,25-/m0/s1. The molecule has 7 nitrogen and oxygen atoms in total. The molecule has 0 aromatic heterocycles. The number of fused-ring (bicyclic) bond motifs is 3. The van der Waals surface area contributed by atoms with Gasteiger partial charge in [0.15, 0.2) is 11.5 Å². The molecule has 3 aromatic rings. The van der Waals surface area contributed by atoms with Crippen LogP contribution in [0.1, 0.15) is 45.7 Å². The van der Waals surface area contributed by atoms with Crippen molar-refractivity contribution in [3.63, 3.8) is 0 Å². The molecule has 3 aromatic carbocycles. The number of hydrogen-bond donors (Lipinski definition) is 0. The molecular formula is C26H24N2O5. The van der Waals surface area contributed by atoms with Crippen molar-refractivity contribution in [3.05, 3.63) is 89.0 Å². The number of nitrogens with zero attached hydrogens (tertiary/aromatic N) is 2. The summed E-state index contributed by atoms with van der Waals surface area (Å²) < 4.78 is 22.1. The molecule has 2 aliphatic heterocycles. The van der Waals surface area contributed by atoms with E-state index >= 15 is 0 Å². The van der Waals surface area contributed by atoms with Crippen LogP contribution in [-0.2, 0) is 4.74 Å². The van der Waals surface area contributed by atoms with Crippen LogP contribution in [0.2, 0.25) is 0 Å². The Labute approximate surface area is 192 Å². The maximum Gasteiger partial charge on any atom is 0.337 e. The SMILES string of the molecule is COC(=O)c1ccc([C@@H]2Oc3ccccc3[C@@H]3CC(c4ccc(OC)c(OC)c4)=NN32)cc1. The third-order valence-corrected chi connectivity index (χ3v) is 6.03. The van der Waals surface area contributed by atoms with E-state index < -0.39 is 6.23 Å². The van der Waals surface area contributed by atoms with Crippen LogP contribution in [0.25, 0.3) is 0 Å². The highest BCUT2D eigenvalue weighted by molar-refractivity contribution is 6.02. The second-order valence-corrected chi connectivity index (χ2v) is 7.84. The first-order chi connectivity index (χ1) is 16.1. The van der Waals surface area contributed by atoms with E-state index in [0.29, 0.717) is 17.1 Å². The van der Waals surface area contributed by atoms with E-state index in [0.717, 1.165) is 34.6 Å². The van der Waals surface area contributed by atoms with Crippen molar-refractivity contribution in [1.82, 2.24) is 5.01 Å². The first-order valence-corrected chi connectivity index (χ1v) is 10.6. The molecule has 33 heavy (non-hydrogen) atoms. The van der Waals surface area contributed by atoms with Gasteiger partial charge in [-0.1, -0.05) is 30.3 Å². The first kappa shape index (κ1) is 20.9. The van der Waals surface area contributed by atoms with Gasteiger partial charge >= 0.3 is 5.97 Å². The zero-order valence-electron chi connectivity index (χ0n) is 18.6. The predicted molar refractivity (Wildman–Crippen MR) is 123 cm³/mol. The van der Waals surface area contributed by atoms with Crippen molar-refractivity contribution in [2.75, 3.05) is 21.3 Å². The van der Waals surface area contributed by atoms with Crippen LogP contribution < -0.4 is 14.2 Å². The third-order valence-electron chi connectivity index (χ3n) is 6.03. The highest BCUT2D eigenvalue weighted by atomic mass is 16.5. The van der Waals surface area contributed by atoms with Crippen molar-refractivity contribution >= 4 is 11.7 Å². The van der Waals surface area contributed by atoms with Gasteiger partial charge in [-0.3, -0.25) is 0 Å². The molecule has 0 bridgehead atoms. The third kappa shape index (κ3) is 3.65. The van der Waals surface area contributed by atoms with Gasteiger partial charge in [0.25, 0.3) is 0 Å². The number of carbonyl (C=O) groups is 1. The summed E-state index contributed by atoms with van der Waals surface area (Å²) in [6.07, 6.45) is 0.307. The molecule has 0 N–H and O–H groups in total. The summed E-state index contributed by atoms with van der Waals surface area (Å²) in [6, 6.07) is 21.2. The Morgan fingerprint density at radius 1 is 0.970 bits per heavy atom. The second-order valence-electron chi connectivity index (χ2n) is 7.84. The van der Waals surface area contributed by atoms with Gasteiger partial charge < -0.3 is 18.9 Å². The van der Waals surface area contributed by atoms with Gasteiger partial charge in [-0.25, -0.2) is 9.80 Å². The highest BCUT2D eigenvalue weighted by Gasteiger charge is 2.41. The topological polar surface area (TPSA) is 69.6 Å². The Bertz CT molecular complexity index is 1220. The summed E-state index contributed by atoms with van der Waals surface area (Å²) in [6.45, 7) is 0. The molecular weight excluding hydrogens is 420 g/mol. The Morgan fingerprint density at radius 3 is 2.45 bits per heavy atom. The van der Waals surface area contributed by atoms with Gasteiger partial charge in [0.05, 0.1) is 38.6 Å². The molecule has 0 saturated heterocycles. The van der Waals surface area contributed by atoms with Crippen LogP contribution >= 0.6 is 0 Å². The van der Waals surface area contributed by atoms with Crippen LogP contribution in [0.5, 0.6) is 17.2 Å². The molecule has 0 amide bonds. The molecule has 0 fully saturated rings. The number of carbonyl (C=O) groups excluding carboxylic acids is 1. The Kier molecular flexibility index (Phi) is 5.38. The lowest BCUT2D eigenvalue weighted by Gasteiger charge is -2.38. The number of methoxy groups -OCH3 is 3. The lowest BCUT2D eigenvalue weighted by atomic mass is 9.95. The minimum atomic E-state index is -0.422. The number of esters is 1. The van der Waals surface area contributed by atoms with E-state index in [9.17, 15) is 4.79 Å². The first-order valence-electron chi connectivity index (χ1n) is 10.6. The number of benzene rings is 3. The number of ether oxygens (including phenoxy) is 4. The average molecular weight is 444 g/mol. The average Bonchev–Trinajstić information content (AvgIpc) is 3.33. The van der Waals surface area contributed by atoms with Crippen molar-refractivity contribution in [2.24, 2.45) is 5.10 Å². The minimum Gasteiger partial charge on any atom is -0.493 e. The van der Waals surface area contributed by atoms with Crippen LogP contribution in [0.4, 0.5) is 0 Å². The monoisotopic (exact) mass is 444 g/mol. The van der Waals surface area contributed by atoms with Gasteiger partial charge in [-0.15, -0.1) is 0 Å². The van der Waals surface area contributed by atoms with Crippen LogP contribution in [0, 0.1) is 0 Å². The Balaban J connectivity index is 1.54. The maximum atomic E-state index is 11.8. The quantitative estimate of drug-likeness (QED) is 0.530. The highest BCUT2D eigenvalue weighted by Crippen LogP contribution is 2.47. The zero-order valence-corrected chi connectivity index (χ0v) is 18.6. The Hall–Kier alpha value is -4.00. The fraction of sp³-hybridized carbons (Fsp3) is 0.231. The van der Waals surface area contributed by atoms with E-state index in [1.54, 1.807) is 26.4 Å². The maximum absolute atomic E-state index is 11.8. The molecule has 0 radical (unpaired) electrons. The largest absolute Gasteiger partial charge is 0.493 e. The summed E-state index contributed by atoms with van der Waals surface area (Å²) in [5.74, 6) is 1.80. The minimum absolute atomic E-state index is 0.0309. The second kappa shape index (κ2) is 8.50. The van der Waals surface area contributed by atoms with Crippen molar-refractivity contribution in [2.45, 2.75) is 18.7 Å². The van der Waals surface area contributed by atoms with Crippen LogP contribution in [-0.4, -0.2) is 38.0 Å². The molecule has 2 atom stereocenters. The molecule has 5 rings (SSSR count). The summed E-state index contributed by atoms with van der Waals surface area (Å²) in [5, 5.41) is 6.98. The molecule has 2 heterocycles. The summed E-state index contributed by atoms with van der Waals surface area (Å²) in [4.78, 5) is 11.8. The number of rotatable bonds is 5. The van der Waals surface area contributed by atoms with Gasteiger partial charge in [0, 0.05) is 23.1 Å². The van der Waals surface area contributed by atoms with E-state index in [2.05, 4.69) is 6.07 Å². The molecule has 0 aliphatic carbocycles. The van der Waals surface area contributed by atoms with E-state index in [4.69, 9.17) is 24.0 Å². The van der Waals surface area contributed by atoms with E-state index in [-0.39, 0.29) is 12.0 Å². The fourth-order valence-electron chi connectivity index (χ4n) is 4.35.